The van der Waals surface area contributed by atoms with E-state index in [1.807, 2.05) is 0 Å². The normalized spacial score (nSPS) is 22.8. The number of hydrogen-bond donors (Lipinski definition) is 1. The van der Waals surface area contributed by atoms with Gasteiger partial charge in [0, 0.05) is 27.1 Å². The molecular weight excluding hydrogens is 294 g/mol. The fourth-order valence-corrected chi connectivity index (χ4v) is 6.02. The molecular formula is C18H29NS2. The summed E-state index contributed by atoms with van der Waals surface area (Å²) in [6, 6.07) is 3.01. The number of rotatable bonds is 5. The van der Waals surface area contributed by atoms with Gasteiger partial charge < -0.3 is 5.32 Å². The molecule has 2 aliphatic rings. The van der Waals surface area contributed by atoms with Gasteiger partial charge in [-0.25, -0.2) is 0 Å². The number of fused-ring (bicyclic) bond motifs is 1. The summed E-state index contributed by atoms with van der Waals surface area (Å²) in [7, 11) is 0. The third kappa shape index (κ3) is 3.68. The molecule has 0 spiro atoms. The van der Waals surface area contributed by atoms with E-state index in [1.165, 1.54) is 64.3 Å². The van der Waals surface area contributed by atoms with E-state index in [2.05, 4.69) is 47.7 Å². The number of thioether (sulfide) groups is 1. The summed E-state index contributed by atoms with van der Waals surface area (Å²) in [5.74, 6) is 0. The van der Waals surface area contributed by atoms with Crippen molar-refractivity contribution in [1.29, 1.82) is 0 Å². The Morgan fingerprint density at radius 3 is 2.67 bits per heavy atom. The van der Waals surface area contributed by atoms with Gasteiger partial charge in [0.2, 0.25) is 0 Å². The molecule has 0 amide bonds. The average molecular weight is 324 g/mol. The molecule has 21 heavy (non-hydrogen) atoms. The van der Waals surface area contributed by atoms with Crippen molar-refractivity contribution in [3.8, 4) is 0 Å². The van der Waals surface area contributed by atoms with E-state index in [9.17, 15) is 0 Å². The van der Waals surface area contributed by atoms with E-state index >= 15 is 0 Å². The Bertz CT molecular complexity index is 436. The van der Waals surface area contributed by atoms with E-state index < -0.39 is 0 Å². The number of aryl methyl sites for hydroxylation is 2. The van der Waals surface area contributed by atoms with E-state index in [-0.39, 0.29) is 0 Å². The largest absolute Gasteiger partial charge is 0.308 e. The highest BCUT2D eigenvalue weighted by atomic mass is 32.2. The molecule has 0 aliphatic heterocycles. The van der Waals surface area contributed by atoms with E-state index in [4.69, 9.17) is 0 Å². The molecule has 1 heterocycles. The third-order valence-electron chi connectivity index (χ3n) is 5.37. The fraction of sp³-hybridized carbons (Fsp3) is 0.778. The molecule has 2 aliphatic carbocycles. The highest BCUT2D eigenvalue weighted by Gasteiger charge is 2.31. The predicted octanol–water partition coefficient (Wildman–Crippen LogP) is 5.34. The predicted molar refractivity (Wildman–Crippen MR) is 96.7 cm³/mol. The van der Waals surface area contributed by atoms with Crippen molar-refractivity contribution in [3.63, 3.8) is 0 Å². The van der Waals surface area contributed by atoms with Gasteiger partial charge in [0.1, 0.15) is 0 Å². The Hall–Kier alpha value is 0.01000. The topological polar surface area (TPSA) is 12.0 Å². The summed E-state index contributed by atoms with van der Waals surface area (Å²) in [6.45, 7) is 3.53. The van der Waals surface area contributed by atoms with Gasteiger partial charge in [-0.05, 0) is 63.3 Å². The average Bonchev–Trinajstić information content (AvgIpc) is 2.97. The second-order valence-electron chi connectivity index (χ2n) is 6.85. The minimum absolute atomic E-state index is 0.503. The monoisotopic (exact) mass is 323 g/mol. The van der Waals surface area contributed by atoms with Crippen molar-refractivity contribution >= 4 is 23.1 Å². The molecule has 0 aromatic carbocycles. The lowest BCUT2D eigenvalue weighted by molar-refractivity contribution is 0.368. The lowest BCUT2D eigenvalue weighted by Crippen LogP contribution is -2.40. The van der Waals surface area contributed by atoms with Crippen LogP contribution < -0.4 is 5.32 Å². The molecule has 0 saturated heterocycles. The van der Waals surface area contributed by atoms with Crippen LogP contribution in [0.3, 0.4) is 0 Å². The molecule has 1 saturated carbocycles. The maximum absolute atomic E-state index is 3.86. The van der Waals surface area contributed by atoms with Gasteiger partial charge in [-0.15, -0.1) is 11.3 Å². The summed E-state index contributed by atoms with van der Waals surface area (Å²) < 4.78 is 0.503. The Morgan fingerprint density at radius 1 is 1.19 bits per heavy atom. The van der Waals surface area contributed by atoms with Gasteiger partial charge in [0.25, 0.3) is 0 Å². The van der Waals surface area contributed by atoms with E-state index in [0.29, 0.717) is 10.8 Å². The zero-order chi connectivity index (χ0) is 14.7. The number of nitrogens with one attached hydrogen (secondary N) is 1. The first-order valence-electron chi connectivity index (χ1n) is 8.62. The zero-order valence-electron chi connectivity index (χ0n) is 13.5. The molecule has 1 N–H and O–H groups in total. The van der Waals surface area contributed by atoms with Crippen LogP contribution in [0.2, 0.25) is 0 Å². The van der Waals surface area contributed by atoms with Crippen molar-refractivity contribution in [3.05, 3.63) is 21.4 Å². The van der Waals surface area contributed by atoms with Crippen molar-refractivity contribution in [1.82, 2.24) is 5.32 Å². The summed E-state index contributed by atoms with van der Waals surface area (Å²) in [4.78, 5) is 3.23. The molecule has 1 nitrogen and oxygen atoms in total. The Labute approximate surface area is 138 Å². The summed E-state index contributed by atoms with van der Waals surface area (Å²) in [6.07, 6.45) is 14.8. The minimum atomic E-state index is 0.503. The smallest absolute Gasteiger partial charge is 0.0386 e. The molecule has 1 fully saturated rings. The molecule has 118 valence electrons. The number of thiophene rings is 1. The lowest BCUT2D eigenvalue weighted by Gasteiger charge is -2.36. The zero-order valence-corrected chi connectivity index (χ0v) is 15.2. The maximum atomic E-state index is 3.86. The second kappa shape index (κ2) is 7.06. The van der Waals surface area contributed by atoms with Gasteiger partial charge in [-0.2, -0.15) is 11.8 Å². The molecule has 3 heteroatoms. The van der Waals surface area contributed by atoms with Gasteiger partial charge in [0.15, 0.2) is 0 Å². The van der Waals surface area contributed by atoms with Crippen LogP contribution in [0.15, 0.2) is 6.07 Å². The quantitative estimate of drug-likeness (QED) is 0.784. The van der Waals surface area contributed by atoms with Crippen LogP contribution in [-0.4, -0.2) is 17.5 Å². The first-order chi connectivity index (χ1) is 10.2. The van der Waals surface area contributed by atoms with Crippen LogP contribution in [0, 0.1) is 0 Å². The van der Waals surface area contributed by atoms with Crippen LogP contribution in [0.5, 0.6) is 0 Å². The molecule has 1 aromatic rings. The van der Waals surface area contributed by atoms with Crippen LogP contribution in [0.25, 0.3) is 0 Å². The molecule has 1 aromatic heterocycles. The van der Waals surface area contributed by atoms with Crippen molar-refractivity contribution < 1.29 is 0 Å². The summed E-state index contributed by atoms with van der Waals surface area (Å²) in [5.41, 5.74) is 1.65. The summed E-state index contributed by atoms with van der Waals surface area (Å²) in [5, 5.41) is 3.86. The van der Waals surface area contributed by atoms with E-state index in [1.54, 1.807) is 15.3 Å². The van der Waals surface area contributed by atoms with Gasteiger partial charge in [-0.3, -0.25) is 0 Å². The molecule has 0 bridgehead atoms. The first kappa shape index (κ1) is 15.9. The Kier molecular flexibility index (Phi) is 5.34. The maximum Gasteiger partial charge on any atom is 0.0386 e. The highest BCUT2D eigenvalue weighted by molar-refractivity contribution is 8.00. The SMILES string of the molecule is CSC1(CNC(C)c2cc3c(s2)CCCC3)CCCCC1. The molecule has 1 atom stereocenters. The Morgan fingerprint density at radius 2 is 1.95 bits per heavy atom. The second-order valence-corrected chi connectivity index (χ2v) is 9.30. The first-order valence-corrected chi connectivity index (χ1v) is 10.7. The molecule has 0 radical (unpaired) electrons. The van der Waals surface area contributed by atoms with Crippen LogP contribution in [0.1, 0.15) is 73.2 Å². The van der Waals surface area contributed by atoms with Crippen LogP contribution in [0.4, 0.5) is 0 Å². The minimum Gasteiger partial charge on any atom is -0.308 e. The summed E-state index contributed by atoms with van der Waals surface area (Å²) >= 11 is 4.17. The van der Waals surface area contributed by atoms with Crippen molar-refractivity contribution in [2.75, 3.05) is 12.8 Å². The third-order valence-corrected chi connectivity index (χ3v) is 8.21. The number of hydrogen-bond acceptors (Lipinski definition) is 3. The van der Waals surface area contributed by atoms with Crippen LogP contribution in [-0.2, 0) is 12.8 Å². The van der Waals surface area contributed by atoms with Gasteiger partial charge in [-0.1, -0.05) is 19.3 Å². The fourth-order valence-electron chi connectivity index (χ4n) is 3.82. The Balaban J connectivity index is 1.60. The van der Waals surface area contributed by atoms with Gasteiger partial charge >= 0.3 is 0 Å². The van der Waals surface area contributed by atoms with E-state index in [0.717, 1.165) is 0 Å². The molecule has 3 rings (SSSR count). The highest BCUT2D eigenvalue weighted by Crippen LogP contribution is 2.39. The van der Waals surface area contributed by atoms with Crippen molar-refractivity contribution in [2.45, 2.75) is 75.5 Å². The van der Waals surface area contributed by atoms with Crippen LogP contribution >= 0.6 is 23.1 Å². The van der Waals surface area contributed by atoms with Crippen molar-refractivity contribution in [2.24, 2.45) is 0 Å². The molecule has 1 unspecified atom stereocenters. The van der Waals surface area contributed by atoms with Gasteiger partial charge in [0.05, 0.1) is 0 Å². The lowest BCUT2D eigenvalue weighted by atomic mass is 9.88. The standard InChI is InChI=1S/C18H29NS2/c1-14(17-12-15-8-4-5-9-16(15)21-17)19-13-18(20-2)10-6-3-7-11-18/h12,14,19H,3-11,13H2,1-2H3.